The number of rotatable bonds is 17. The van der Waals surface area contributed by atoms with Gasteiger partial charge in [-0.15, -0.1) is 0 Å². The Kier molecular flexibility index (Phi) is 18.0. The molecule has 0 saturated heterocycles. The van der Waals surface area contributed by atoms with Crippen molar-refractivity contribution < 1.29 is 9.53 Å². The van der Waals surface area contributed by atoms with E-state index in [0.29, 0.717) is 6.61 Å². The Morgan fingerprint density at radius 3 is 1.38 bits per heavy atom. The van der Waals surface area contributed by atoms with Gasteiger partial charge in [0.15, 0.2) is 0 Å². The molecule has 0 aromatic rings. The van der Waals surface area contributed by atoms with E-state index < -0.39 is 0 Å². The molecule has 24 heavy (non-hydrogen) atoms. The first-order valence-electron chi connectivity index (χ1n) is 10.7. The Hall–Kier alpha value is -0.730. The molecular weight excluding hydrogens is 298 g/mol. The number of carbonyl (C=O) groups excluding carboxylic acids is 1. The van der Waals surface area contributed by atoms with E-state index in [-0.39, 0.29) is 6.09 Å². The third-order valence-corrected chi connectivity index (χ3v) is 4.59. The first-order valence-corrected chi connectivity index (χ1v) is 10.7. The fourth-order valence-electron chi connectivity index (χ4n) is 3.03. The number of hydrogen-bond acceptors (Lipinski definition) is 2. The molecule has 0 N–H and O–H groups in total. The van der Waals surface area contributed by atoms with Crippen molar-refractivity contribution in [3.63, 3.8) is 0 Å². The zero-order chi connectivity index (χ0) is 17.9. The maximum Gasteiger partial charge on any atom is 0.409 e. The summed E-state index contributed by atoms with van der Waals surface area (Å²) in [6.45, 7) is 8.59. The molecule has 0 aromatic carbocycles. The van der Waals surface area contributed by atoms with Gasteiger partial charge in [-0.05, 0) is 19.8 Å². The number of nitrogens with zero attached hydrogens (tertiary/aromatic N) is 1. The lowest BCUT2D eigenvalue weighted by atomic mass is 10.1. The van der Waals surface area contributed by atoms with Gasteiger partial charge in [0.1, 0.15) is 0 Å². The second-order valence-electron chi connectivity index (χ2n) is 6.93. The summed E-state index contributed by atoms with van der Waals surface area (Å²) < 4.78 is 5.21. The van der Waals surface area contributed by atoms with Gasteiger partial charge < -0.3 is 9.64 Å². The van der Waals surface area contributed by atoms with E-state index >= 15 is 0 Å². The van der Waals surface area contributed by atoms with E-state index in [2.05, 4.69) is 13.8 Å². The predicted molar refractivity (Wildman–Crippen MR) is 105 cm³/mol. The van der Waals surface area contributed by atoms with Gasteiger partial charge in [-0.2, -0.15) is 0 Å². The van der Waals surface area contributed by atoms with Crippen LogP contribution in [0.25, 0.3) is 0 Å². The summed E-state index contributed by atoms with van der Waals surface area (Å²) in [5.74, 6) is 0. The van der Waals surface area contributed by atoms with Gasteiger partial charge in [-0.1, -0.05) is 90.9 Å². The molecule has 0 saturated carbocycles. The zero-order valence-corrected chi connectivity index (χ0v) is 16.8. The molecule has 0 atom stereocenters. The van der Waals surface area contributed by atoms with Gasteiger partial charge in [0.05, 0.1) is 6.61 Å². The molecule has 0 fully saturated rings. The molecule has 0 unspecified atom stereocenters. The predicted octanol–water partition coefficient (Wildman–Crippen LogP) is 6.95. The topological polar surface area (TPSA) is 29.5 Å². The van der Waals surface area contributed by atoms with E-state index in [0.717, 1.165) is 25.9 Å². The van der Waals surface area contributed by atoms with Crippen LogP contribution in [0.4, 0.5) is 4.79 Å². The lowest BCUT2D eigenvalue weighted by Crippen LogP contribution is -2.33. The van der Waals surface area contributed by atoms with Crippen LogP contribution in [-0.4, -0.2) is 30.7 Å². The van der Waals surface area contributed by atoms with Crippen molar-refractivity contribution in [3.05, 3.63) is 0 Å². The maximum atomic E-state index is 12.1. The van der Waals surface area contributed by atoms with Crippen molar-refractivity contribution in [3.8, 4) is 0 Å². The minimum Gasteiger partial charge on any atom is -0.450 e. The summed E-state index contributed by atoms with van der Waals surface area (Å²) in [4.78, 5) is 14.0. The third kappa shape index (κ3) is 14.8. The summed E-state index contributed by atoms with van der Waals surface area (Å²) in [5.41, 5.74) is 0. The molecule has 0 aliphatic carbocycles. The standard InChI is InChI=1S/C21H43NO2/c1-4-7-9-11-13-15-17-19-22(21(23)24-6-3)20-18-16-14-12-10-8-5-2/h4-20H2,1-3H3. The molecule has 144 valence electrons. The lowest BCUT2D eigenvalue weighted by molar-refractivity contribution is 0.105. The number of hydrogen-bond donors (Lipinski definition) is 0. The summed E-state index contributed by atoms with van der Waals surface area (Å²) in [6, 6.07) is 0. The maximum absolute atomic E-state index is 12.1. The zero-order valence-electron chi connectivity index (χ0n) is 16.8. The molecule has 0 rings (SSSR count). The molecule has 0 heterocycles. The monoisotopic (exact) mass is 341 g/mol. The quantitative estimate of drug-likeness (QED) is 0.268. The van der Waals surface area contributed by atoms with Gasteiger partial charge in [-0.3, -0.25) is 0 Å². The average Bonchev–Trinajstić information content (AvgIpc) is 2.58. The van der Waals surface area contributed by atoms with Crippen molar-refractivity contribution in [2.75, 3.05) is 19.7 Å². The van der Waals surface area contributed by atoms with Gasteiger partial charge >= 0.3 is 6.09 Å². The fraction of sp³-hybridized carbons (Fsp3) is 0.952. The van der Waals surface area contributed by atoms with Crippen LogP contribution in [0.2, 0.25) is 0 Å². The summed E-state index contributed by atoms with van der Waals surface area (Å²) in [5, 5.41) is 0. The smallest absolute Gasteiger partial charge is 0.409 e. The normalized spacial score (nSPS) is 10.8. The molecule has 3 heteroatoms. The minimum atomic E-state index is -0.116. The highest BCUT2D eigenvalue weighted by atomic mass is 16.6. The second-order valence-corrected chi connectivity index (χ2v) is 6.93. The second kappa shape index (κ2) is 18.6. The van der Waals surface area contributed by atoms with Crippen LogP contribution in [0.15, 0.2) is 0 Å². The first kappa shape index (κ1) is 23.3. The van der Waals surface area contributed by atoms with E-state index in [9.17, 15) is 4.79 Å². The highest BCUT2D eigenvalue weighted by molar-refractivity contribution is 5.67. The van der Waals surface area contributed by atoms with Gasteiger partial charge in [-0.25, -0.2) is 4.79 Å². The number of unbranched alkanes of at least 4 members (excludes halogenated alkanes) is 12. The van der Waals surface area contributed by atoms with Crippen LogP contribution < -0.4 is 0 Å². The van der Waals surface area contributed by atoms with Crippen molar-refractivity contribution in [1.82, 2.24) is 4.90 Å². The van der Waals surface area contributed by atoms with Crippen LogP contribution in [0.1, 0.15) is 111 Å². The largest absolute Gasteiger partial charge is 0.450 e. The lowest BCUT2D eigenvalue weighted by Gasteiger charge is -2.22. The molecule has 3 nitrogen and oxygen atoms in total. The number of amides is 1. The van der Waals surface area contributed by atoms with E-state index in [4.69, 9.17) is 4.74 Å². The molecule has 0 aliphatic rings. The Labute approximate surface area is 151 Å². The van der Waals surface area contributed by atoms with Gasteiger partial charge in [0.2, 0.25) is 0 Å². The van der Waals surface area contributed by atoms with Gasteiger partial charge in [0, 0.05) is 13.1 Å². The van der Waals surface area contributed by atoms with Gasteiger partial charge in [0.25, 0.3) is 0 Å². The Bertz CT molecular complexity index is 251. The van der Waals surface area contributed by atoms with E-state index in [1.54, 1.807) is 0 Å². The minimum absolute atomic E-state index is 0.116. The van der Waals surface area contributed by atoms with Crippen molar-refractivity contribution in [1.29, 1.82) is 0 Å². The molecule has 0 aromatic heterocycles. The van der Waals surface area contributed by atoms with Crippen LogP contribution in [0, 0.1) is 0 Å². The molecule has 0 spiro atoms. The van der Waals surface area contributed by atoms with Crippen molar-refractivity contribution in [2.24, 2.45) is 0 Å². The first-order chi connectivity index (χ1) is 11.8. The Balaban J connectivity index is 3.79. The number of carbonyl (C=O) groups is 1. The van der Waals surface area contributed by atoms with Crippen molar-refractivity contribution in [2.45, 2.75) is 111 Å². The molecule has 0 radical (unpaired) electrons. The SMILES string of the molecule is CCCCCCCCCN(CCCCCCCCC)C(=O)OCC. The Morgan fingerprint density at radius 2 is 1.00 bits per heavy atom. The molecule has 0 bridgehead atoms. The Morgan fingerprint density at radius 1 is 0.625 bits per heavy atom. The summed E-state index contributed by atoms with van der Waals surface area (Å²) >= 11 is 0. The molecular formula is C21H43NO2. The van der Waals surface area contributed by atoms with Crippen LogP contribution in [0.5, 0.6) is 0 Å². The highest BCUT2D eigenvalue weighted by Gasteiger charge is 2.13. The van der Waals surface area contributed by atoms with Crippen LogP contribution in [0.3, 0.4) is 0 Å². The molecule has 1 amide bonds. The van der Waals surface area contributed by atoms with Crippen LogP contribution >= 0.6 is 0 Å². The van der Waals surface area contributed by atoms with Crippen molar-refractivity contribution >= 4 is 6.09 Å². The third-order valence-electron chi connectivity index (χ3n) is 4.59. The van der Waals surface area contributed by atoms with Crippen LogP contribution in [-0.2, 0) is 4.74 Å². The number of ether oxygens (including phenoxy) is 1. The summed E-state index contributed by atoms with van der Waals surface area (Å²) in [7, 11) is 0. The molecule has 0 aliphatic heterocycles. The fourth-order valence-corrected chi connectivity index (χ4v) is 3.03. The van der Waals surface area contributed by atoms with E-state index in [1.165, 1.54) is 77.0 Å². The average molecular weight is 342 g/mol. The summed E-state index contributed by atoms with van der Waals surface area (Å²) in [6.07, 6.45) is 17.9. The highest BCUT2D eigenvalue weighted by Crippen LogP contribution is 2.11. The van der Waals surface area contributed by atoms with E-state index in [1.807, 2.05) is 11.8 Å².